The first-order chi connectivity index (χ1) is 16.0. The summed E-state index contributed by atoms with van der Waals surface area (Å²) in [5.41, 5.74) is 0.982. The van der Waals surface area contributed by atoms with Gasteiger partial charge in [0.1, 0.15) is 47.4 Å². The van der Waals surface area contributed by atoms with Gasteiger partial charge in [-0.3, -0.25) is 0 Å². The Bertz CT molecular complexity index is 1110. The minimum atomic E-state index is -1.16. The standard InChI is InChI=1S/C28H32O6/c1-27(2,3)34-23-13-11-22(12-14-23)33-17-16-32-21-9-6-19(7-10-21)28(4,5)20-8-15-25(29)24(18-20)26(30)31/h6-15,18,29H,16-17H2,1-5H3,(H,30,31). The van der Waals surface area contributed by atoms with Crippen molar-refractivity contribution in [1.29, 1.82) is 0 Å². The molecule has 6 heteroatoms. The second-order valence-corrected chi connectivity index (χ2v) is 9.57. The van der Waals surface area contributed by atoms with Crippen LogP contribution in [0.3, 0.4) is 0 Å². The summed E-state index contributed by atoms with van der Waals surface area (Å²) in [6, 6.07) is 19.9. The van der Waals surface area contributed by atoms with Crippen molar-refractivity contribution in [2.24, 2.45) is 0 Å². The van der Waals surface area contributed by atoms with Crippen LogP contribution in [0.2, 0.25) is 0 Å². The van der Waals surface area contributed by atoms with Gasteiger partial charge in [-0.1, -0.05) is 32.0 Å². The fourth-order valence-corrected chi connectivity index (χ4v) is 3.51. The molecule has 0 fully saturated rings. The Morgan fingerprint density at radius 1 is 0.735 bits per heavy atom. The van der Waals surface area contributed by atoms with Crippen molar-refractivity contribution >= 4 is 5.97 Å². The smallest absolute Gasteiger partial charge is 0.339 e. The quantitative estimate of drug-likeness (QED) is 0.375. The lowest BCUT2D eigenvalue weighted by Gasteiger charge is -2.27. The van der Waals surface area contributed by atoms with Crippen LogP contribution in [0.4, 0.5) is 0 Å². The molecular formula is C28H32O6. The highest BCUT2D eigenvalue weighted by atomic mass is 16.5. The summed E-state index contributed by atoms with van der Waals surface area (Å²) in [6.45, 7) is 10.8. The van der Waals surface area contributed by atoms with E-state index in [1.807, 2.05) is 83.1 Å². The van der Waals surface area contributed by atoms with Gasteiger partial charge in [0.05, 0.1) is 0 Å². The molecule has 0 heterocycles. The van der Waals surface area contributed by atoms with E-state index in [4.69, 9.17) is 14.2 Å². The number of aromatic hydroxyl groups is 1. The third-order valence-corrected chi connectivity index (χ3v) is 5.39. The minimum absolute atomic E-state index is 0.109. The van der Waals surface area contributed by atoms with E-state index in [0.29, 0.717) is 19.0 Å². The molecule has 0 saturated heterocycles. The van der Waals surface area contributed by atoms with Crippen LogP contribution < -0.4 is 14.2 Å². The lowest BCUT2D eigenvalue weighted by atomic mass is 9.77. The predicted molar refractivity (Wildman–Crippen MR) is 131 cm³/mol. The number of carboxylic acids is 1. The normalized spacial score (nSPS) is 11.7. The van der Waals surface area contributed by atoms with E-state index in [-0.39, 0.29) is 16.9 Å². The van der Waals surface area contributed by atoms with Gasteiger partial charge in [-0.2, -0.15) is 0 Å². The molecule has 0 atom stereocenters. The van der Waals surface area contributed by atoms with Crippen LogP contribution in [-0.4, -0.2) is 35.0 Å². The van der Waals surface area contributed by atoms with Crippen molar-refractivity contribution in [2.75, 3.05) is 13.2 Å². The molecule has 34 heavy (non-hydrogen) atoms. The average Bonchev–Trinajstić information content (AvgIpc) is 2.77. The second-order valence-electron chi connectivity index (χ2n) is 9.57. The molecular weight excluding hydrogens is 432 g/mol. The van der Waals surface area contributed by atoms with Crippen molar-refractivity contribution in [3.8, 4) is 23.0 Å². The molecule has 0 aromatic heterocycles. The monoisotopic (exact) mass is 464 g/mol. The lowest BCUT2D eigenvalue weighted by Crippen LogP contribution is -2.22. The van der Waals surface area contributed by atoms with Gasteiger partial charge in [-0.25, -0.2) is 4.79 Å². The first-order valence-electron chi connectivity index (χ1n) is 11.2. The van der Waals surface area contributed by atoms with Crippen molar-refractivity contribution in [2.45, 2.75) is 45.6 Å². The molecule has 3 rings (SSSR count). The van der Waals surface area contributed by atoms with Gasteiger partial charge in [0.25, 0.3) is 0 Å². The van der Waals surface area contributed by atoms with Crippen LogP contribution >= 0.6 is 0 Å². The fourth-order valence-electron chi connectivity index (χ4n) is 3.51. The number of carboxylic acid groups (broad SMARTS) is 1. The first kappa shape index (κ1) is 25.0. The molecule has 0 unspecified atom stereocenters. The van der Waals surface area contributed by atoms with Crippen LogP contribution in [0, 0.1) is 0 Å². The molecule has 3 aromatic rings. The number of benzene rings is 3. The summed E-state index contributed by atoms with van der Waals surface area (Å²) < 4.78 is 17.3. The van der Waals surface area contributed by atoms with Crippen LogP contribution in [0.1, 0.15) is 56.1 Å². The predicted octanol–water partition coefficient (Wildman–Crippen LogP) is 6.05. The van der Waals surface area contributed by atoms with E-state index >= 15 is 0 Å². The second kappa shape index (κ2) is 10.1. The number of hydrogen-bond acceptors (Lipinski definition) is 5. The molecule has 0 aliphatic carbocycles. The Labute approximate surface area is 200 Å². The van der Waals surface area contributed by atoms with E-state index < -0.39 is 11.4 Å². The Morgan fingerprint density at radius 2 is 1.21 bits per heavy atom. The van der Waals surface area contributed by atoms with E-state index in [1.165, 1.54) is 12.1 Å². The molecule has 180 valence electrons. The maximum Gasteiger partial charge on any atom is 0.339 e. The zero-order chi connectivity index (χ0) is 24.9. The Morgan fingerprint density at radius 3 is 1.71 bits per heavy atom. The number of carbonyl (C=O) groups is 1. The van der Waals surface area contributed by atoms with E-state index in [1.54, 1.807) is 6.07 Å². The third kappa shape index (κ3) is 6.44. The van der Waals surface area contributed by atoms with E-state index in [0.717, 1.165) is 22.6 Å². The van der Waals surface area contributed by atoms with E-state index in [9.17, 15) is 15.0 Å². The number of rotatable bonds is 9. The zero-order valence-electron chi connectivity index (χ0n) is 20.3. The van der Waals surface area contributed by atoms with E-state index in [2.05, 4.69) is 0 Å². The maximum atomic E-state index is 11.4. The van der Waals surface area contributed by atoms with Crippen LogP contribution in [0.15, 0.2) is 66.7 Å². The Kier molecular flexibility index (Phi) is 7.40. The molecule has 0 bridgehead atoms. The molecule has 0 radical (unpaired) electrons. The number of phenols is 1. The van der Waals surface area contributed by atoms with Crippen molar-refractivity contribution < 1.29 is 29.2 Å². The summed E-state index contributed by atoms with van der Waals surface area (Å²) in [5.74, 6) is 0.860. The highest BCUT2D eigenvalue weighted by molar-refractivity contribution is 5.91. The lowest BCUT2D eigenvalue weighted by molar-refractivity contribution is 0.0693. The van der Waals surface area contributed by atoms with Crippen molar-refractivity contribution in [3.63, 3.8) is 0 Å². The van der Waals surface area contributed by atoms with Crippen LogP contribution in [0.5, 0.6) is 23.0 Å². The Hall–Kier alpha value is -3.67. The van der Waals surface area contributed by atoms with Gasteiger partial charge in [0.15, 0.2) is 0 Å². The molecule has 0 spiro atoms. The highest BCUT2D eigenvalue weighted by Gasteiger charge is 2.25. The summed E-state index contributed by atoms with van der Waals surface area (Å²) >= 11 is 0. The molecule has 6 nitrogen and oxygen atoms in total. The highest BCUT2D eigenvalue weighted by Crippen LogP contribution is 2.34. The summed E-state index contributed by atoms with van der Waals surface area (Å²) in [7, 11) is 0. The number of ether oxygens (including phenoxy) is 3. The summed E-state index contributed by atoms with van der Waals surface area (Å²) in [6.07, 6.45) is 0. The van der Waals surface area contributed by atoms with Gasteiger partial charge in [-0.05, 0) is 80.4 Å². The molecule has 2 N–H and O–H groups in total. The van der Waals surface area contributed by atoms with Crippen molar-refractivity contribution in [1.82, 2.24) is 0 Å². The van der Waals surface area contributed by atoms with Gasteiger partial charge in [-0.15, -0.1) is 0 Å². The minimum Gasteiger partial charge on any atom is -0.507 e. The molecule has 0 aliphatic rings. The topological polar surface area (TPSA) is 85.2 Å². The Balaban J connectivity index is 1.55. The molecule has 0 amide bonds. The maximum absolute atomic E-state index is 11.4. The molecule has 3 aromatic carbocycles. The SMILES string of the molecule is CC(C)(C)Oc1ccc(OCCOc2ccc(C(C)(C)c3ccc(O)c(C(=O)O)c3)cc2)cc1. The third-order valence-electron chi connectivity index (χ3n) is 5.39. The van der Waals surface area contributed by atoms with Gasteiger partial charge in [0.2, 0.25) is 0 Å². The van der Waals surface area contributed by atoms with Crippen LogP contribution in [-0.2, 0) is 5.41 Å². The first-order valence-corrected chi connectivity index (χ1v) is 11.2. The van der Waals surface area contributed by atoms with Gasteiger partial charge >= 0.3 is 5.97 Å². The van der Waals surface area contributed by atoms with Crippen LogP contribution in [0.25, 0.3) is 0 Å². The number of hydrogen-bond donors (Lipinski definition) is 2. The average molecular weight is 465 g/mol. The molecule has 0 aliphatic heterocycles. The van der Waals surface area contributed by atoms with Gasteiger partial charge in [0, 0.05) is 5.41 Å². The molecule has 0 saturated carbocycles. The summed E-state index contributed by atoms with van der Waals surface area (Å²) in [4.78, 5) is 11.4. The largest absolute Gasteiger partial charge is 0.507 e. The van der Waals surface area contributed by atoms with Gasteiger partial charge < -0.3 is 24.4 Å². The fraction of sp³-hybridized carbons (Fsp3) is 0.321. The van der Waals surface area contributed by atoms with Crippen molar-refractivity contribution in [3.05, 3.63) is 83.4 Å². The number of aromatic carboxylic acids is 1. The zero-order valence-corrected chi connectivity index (χ0v) is 20.3. The summed E-state index contributed by atoms with van der Waals surface area (Å²) in [5, 5.41) is 19.1.